The van der Waals surface area contributed by atoms with E-state index in [-0.39, 0.29) is 152 Å². The number of aliphatic hydroxyl groups is 4. The van der Waals surface area contributed by atoms with Crippen LogP contribution in [0.15, 0.2) is 65.9 Å². The number of rotatable bonds is 8. The number of isocyanates is 1. The second-order valence-electron chi connectivity index (χ2n) is 13.2. The molecule has 4 aromatic rings. The van der Waals surface area contributed by atoms with Crippen LogP contribution in [0.4, 0.5) is 54.1 Å². The number of aliphatic hydroxyl groups excluding tert-OH is 4. The van der Waals surface area contributed by atoms with Gasteiger partial charge in [-0.05, 0) is 48.5 Å². The number of anilines is 3. The van der Waals surface area contributed by atoms with Crippen molar-refractivity contribution in [2.75, 3.05) is 80.7 Å². The molecule has 0 bridgehead atoms. The van der Waals surface area contributed by atoms with Crippen LogP contribution in [0.25, 0.3) is 0 Å². The number of benzene rings is 2. The molecule has 4 heterocycles. The van der Waals surface area contributed by atoms with Gasteiger partial charge in [0, 0.05) is 208 Å². The van der Waals surface area contributed by atoms with Crippen LogP contribution in [-0.4, -0.2) is 113 Å². The number of piperazine rings is 2. The average Bonchev–Trinajstić information content (AvgIpc) is 3.24. The van der Waals surface area contributed by atoms with Crippen LogP contribution in [0.3, 0.4) is 0 Å². The summed E-state index contributed by atoms with van der Waals surface area (Å²) in [4.78, 5) is 39.3. The van der Waals surface area contributed by atoms with E-state index in [2.05, 4.69) is 30.5 Å². The number of nitrogens with one attached hydrogen (secondary N) is 2. The van der Waals surface area contributed by atoms with Crippen molar-refractivity contribution in [3.8, 4) is 0 Å². The molecule has 0 unspecified atom stereocenters. The van der Waals surface area contributed by atoms with E-state index in [4.69, 9.17) is 56.6 Å². The molecule has 14 nitrogen and oxygen atoms in total. The third-order valence-electron chi connectivity index (χ3n) is 9.04. The number of carbonyl (C=O) groups excluding carboxylic acids is 2. The number of nitrogens with zero attached hydrogens (tertiary/aromatic N) is 6. The van der Waals surface area contributed by atoms with Crippen LogP contribution in [0.2, 0.25) is 20.1 Å². The van der Waals surface area contributed by atoms with E-state index in [1.54, 1.807) is 12.3 Å². The SMILES string of the molecule is C.O=C(Nc1ccc(Cl)c(C(F)(F)F)c1)N1CCN(c2ncc([C@H](O)CO)cc2Cl)CC1.O=C=Nc1ccc(Cl)c(C(F)(F)F)c1.OC[C@@H](O)c1cnc(N2CCNCC2)c(Cl)c1.[W].[W].[W].[W].[W].[W]. The molecule has 380 valence electrons. The van der Waals surface area contributed by atoms with Crippen molar-refractivity contribution in [1.29, 1.82) is 0 Å². The number of carbonyl (C=O) groups is 1. The summed E-state index contributed by atoms with van der Waals surface area (Å²) in [7, 11) is 0. The Hall–Kier alpha value is -0.340. The maximum absolute atomic E-state index is 13.0. The minimum Gasteiger partial charge on any atom is -0.393 e. The second-order valence-corrected chi connectivity index (χ2v) is 14.9. The van der Waals surface area contributed by atoms with Gasteiger partial charge in [0.05, 0.1) is 50.1 Å². The molecule has 2 saturated heterocycles. The molecule has 30 heteroatoms. The fourth-order valence-corrected chi connectivity index (χ4v) is 6.84. The topological polar surface area (TPSA) is 187 Å². The summed E-state index contributed by atoms with van der Waals surface area (Å²) in [5, 5.41) is 42.7. The summed E-state index contributed by atoms with van der Waals surface area (Å²) >= 11 is 23.3. The van der Waals surface area contributed by atoms with Crippen molar-refractivity contribution in [1.82, 2.24) is 20.2 Å². The first-order chi connectivity index (χ1) is 29.3. The van der Waals surface area contributed by atoms with E-state index in [9.17, 15) is 46.1 Å². The third kappa shape index (κ3) is 23.0. The maximum Gasteiger partial charge on any atom is 0.417 e. The fourth-order valence-electron chi connectivity index (χ4n) is 5.81. The van der Waals surface area contributed by atoms with Gasteiger partial charge in [0.1, 0.15) is 23.8 Å². The van der Waals surface area contributed by atoms with Gasteiger partial charge in [0.2, 0.25) is 6.08 Å². The monoisotopic (exact) mass is 2080 g/mol. The molecule has 0 aliphatic carbocycles. The fraction of sp³-hybridized carbons (Fsp3) is 0.385. The first-order valence-corrected chi connectivity index (χ1v) is 19.7. The van der Waals surface area contributed by atoms with Crippen molar-refractivity contribution >= 4 is 81.5 Å². The average molecular weight is 2080 g/mol. The second kappa shape index (κ2) is 35.8. The van der Waals surface area contributed by atoms with E-state index in [0.29, 0.717) is 59.2 Å². The molecule has 6 N–H and O–H groups in total. The number of aromatic nitrogens is 2. The minimum absolute atomic E-state index is 0. The Morgan fingerprint density at radius 3 is 1.51 bits per heavy atom. The van der Waals surface area contributed by atoms with Crippen LogP contribution >= 0.6 is 46.4 Å². The van der Waals surface area contributed by atoms with Gasteiger partial charge in [-0.1, -0.05) is 53.8 Å². The quantitative estimate of drug-likeness (QED) is 0.0572. The first-order valence-electron chi connectivity index (χ1n) is 18.2. The number of hydrogen-bond acceptors (Lipinski definition) is 12. The molecule has 2 aromatic heterocycles. The summed E-state index contributed by atoms with van der Waals surface area (Å²) in [5.41, 5.74) is -1.25. The molecule has 69 heavy (non-hydrogen) atoms. The number of amides is 2. The van der Waals surface area contributed by atoms with E-state index in [1.807, 2.05) is 4.90 Å². The van der Waals surface area contributed by atoms with Crippen LogP contribution in [0.5, 0.6) is 0 Å². The number of alkyl halides is 6. The van der Waals surface area contributed by atoms with Crippen molar-refractivity contribution in [3.63, 3.8) is 0 Å². The van der Waals surface area contributed by atoms with E-state index in [0.717, 1.165) is 56.3 Å². The summed E-state index contributed by atoms with van der Waals surface area (Å²) in [5.74, 6) is 1.21. The normalized spacial score (nSPS) is 13.7. The molecular formula is C39H42Cl4F6N8O6W6. The van der Waals surface area contributed by atoms with Crippen molar-refractivity contribution in [2.45, 2.75) is 32.0 Å². The molecule has 2 fully saturated rings. The Morgan fingerprint density at radius 2 is 1.10 bits per heavy atom. The Labute approximate surface area is 500 Å². The molecule has 2 amide bonds. The summed E-state index contributed by atoms with van der Waals surface area (Å²) < 4.78 is 75.7. The molecule has 2 aliphatic rings. The van der Waals surface area contributed by atoms with E-state index >= 15 is 0 Å². The van der Waals surface area contributed by atoms with Crippen LogP contribution in [-0.2, 0) is 144 Å². The molecule has 2 aliphatic heterocycles. The van der Waals surface area contributed by atoms with Crippen LogP contribution in [0, 0.1) is 0 Å². The predicted molar refractivity (Wildman–Crippen MR) is 228 cm³/mol. The third-order valence-corrected chi connectivity index (χ3v) is 10.3. The number of aliphatic imine (C=N–C) groups is 1. The summed E-state index contributed by atoms with van der Waals surface area (Å²) in [6.45, 7) is 4.18. The van der Waals surface area contributed by atoms with Crippen molar-refractivity contribution in [3.05, 3.63) is 103 Å². The molecule has 6 rings (SSSR count). The van der Waals surface area contributed by atoms with Gasteiger partial charge in [-0.15, -0.1) is 0 Å². The number of pyridine rings is 2. The molecule has 2 atom stereocenters. The zero-order valence-electron chi connectivity index (χ0n) is 34.5. The molecule has 0 radical (unpaired) electrons. The zero-order valence-corrected chi connectivity index (χ0v) is 55.1. The van der Waals surface area contributed by atoms with Crippen molar-refractivity contribution < 1.29 is 183 Å². The predicted octanol–water partition coefficient (Wildman–Crippen LogP) is 7.90. The molecular weight excluding hydrogens is 2040 g/mol. The summed E-state index contributed by atoms with van der Waals surface area (Å²) in [6, 6.07) is 8.74. The Morgan fingerprint density at radius 1 is 0.681 bits per heavy atom. The molecule has 2 aromatic carbocycles. The van der Waals surface area contributed by atoms with Gasteiger partial charge in [0.15, 0.2) is 0 Å². The Balaban J connectivity index is -0.000000477. The minimum atomic E-state index is -4.63. The van der Waals surface area contributed by atoms with E-state index < -0.39 is 58.4 Å². The Bertz CT molecular complexity index is 2220. The smallest absolute Gasteiger partial charge is 0.393 e. The zero-order chi connectivity index (χ0) is 45.8. The molecule has 0 spiro atoms. The number of urea groups is 1. The molecule has 0 saturated carbocycles. The van der Waals surface area contributed by atoms with E-state index in [1.165, 1.54) is 29.3 Å². The van der Waals surface area contributed by atoms with Gasteiger partial charge in [0.25, 0.3) is 0 Å². The van der Waals surface area contributed by atoms with Gasteiger partial charge in [-0.25, -0.2) is 19.6 Å². The van der Waals surface area contributed by atoms with Gasteiger partial charge in [-0.2, -0.15) is 31.3 Å². The standard InChI is InChI=1S/C19H19Cl2F3N4O3.C11H16ClN3O2.C8H3ClF3NO.CH4.6W/c20-14-2-1-12(8-13(14)19(22,23)24)26-18(31)28-5-3-27(4-6-28)17-15(21)7-11(9-25-17)16(30)10-29;12-9-5-8(10(17)7-16)6-14-11(9)15-3-1-13-2-4-15;9-7-2-1-5(13-4-14)3-6(7)8(10,11)12;;;;;;;/h1-2,7-9,16,29-30H,3-6,10H2,(H,26,31);5-6,10,13,16-17H,1-4,7H2;1-3H;1H4;;;;;;/t16-;10-;;;;;;;;/m11......../s1. The van der Waals surface area contributed by atoms with Crippen LogP contribution < -0.4 is 20.4 Å². The van der Waals surface area contributed by atoms with Crippen molar-refractivity contribution in [2.24, 2.45) is 4.99 Å². The van der Waals surface area contributed by atoms with Gasteiger partial charge < -0.3 is 45.8 Å². The first kappa shape index (κ1) is 75.2. The summed E-state index contributed by atoms with van der Waals surface area (Å²) in [6.07, 6.45) is -7.05. The number of halogens is 10. The maximum atomic E-state index is 13.0. The largest absolute Gasteiger partial charge is 0.417 e. The van der Waals surface area contributed by atoms with Gasteiger partial charge in [-0.3, -0.25) is 0 Å². The number of hydrogen-bond donors (Lipinski definition) is 6. The Kier molecular flexibility index (Phi) is 39.0. The van der Waals surface area contributed by atoms with Crippen LogP contribution in [0.1, 0.15) is 41.9 Å². The van der Waals surface area contributed by atoms with Gasteiger partial charge >= 0.3 is 18.4 Å².